The van der Waals surface area contributed by atoms with Crippen molar-refractivity contribution in [1.29, 1.82) is 0 Å². The van der Waals surface area contributed by atoms with E-state index in [0.717, 1.165) is 16.8 Å². The summed E-state index contributed by atoms with van der Waals surface area (Å²) < 4.78 is 18.4. The number of morpholine rings is 1. The second-order valence-electron chi connectivity index (χ2n) is 9.73. The molecule has 1 aromatic carbocycles. The summed E-state index contributed by atoms with van der Waals surface area (Å²) >= 11 is 1.52. The summed E-state index contributed by atoms with van der Waals surface area (Å²) in [4.78, 5) is 30.0. The number of amides is 2. The average molecular weight is 503 g/mol. The van der Waals surface area contributed by atoms with Gasteiger partial charge in [0.2, 0.25) is 11.8 Å². The largest absolute Gasteiger partial charge is 0.497 e. The lowest BCUT2D eigenvalue weighted by molar-refractivity contribution is -0.134. The first-order chi connectivity index (χ1) is 16.7. The number of ether oxygens (including phenoxy) is 3. The topological polar surface area (TPSA) is 86.1 Å². The van der Waals surface area contributed by atoms with Gasteiger partial charge in [-0.05, 0) is 18.2 Å². The zero-order valence-corrected chi connectivity index (χ0v) is 22.1. The zero-order chi connectivity index (χ0) is 25.3. The van der Waals surface area contributed by atoms with E-state index in [2.05, 4.69) is 20.8 Å². The number of fused-ring (bicyclic) bond motifs is 1. The molecular formula is C25H34N4O5S. The minimum absolute atomic E-state index is 0.0303. The third-order valence-corrected chi connectivity index (χ3v) is 7.57. The number of aromatic nitrogens is 2. The van der Waals surface area contributed by atoms with Crippen LogP contribution in [0.3, 0.4) is 0 Å². The highest BCUT2D eigenvalue weighted by atomic mass is 32.2. The van der Waals surface area contributed by atoms with Gasteiger partial charge in [0.15, 0.2) is 0 Å². The maximum atomic E-state index is 13.5. The summed E-state index contributed by atoms with van der Waals surface area (Å²) in [5, 5.41) is 4.64. The van der Waals surface area contributed by atoms with E-state index in [0.29, 0.717) is 43.6 Å². The second-order valence-corrected chi connectivity index (χ2v) is 10.8. The first-order valence-corrected chi connectivity index (χ1v) is 12.8. The van der Waals surface area contributed by atoms with Gasteiger partial charge in [-0.3, -0.25) is 19.2 Å². The van der Waals surface area contributed by atoms with Crippen LogP contribution in [0.2, 0.25) is 0 Å². The molecule has 0 bridgehead atoms. The van der Waals surface area contributed by atoms with Crippen molar-refractivity contribution in [2.45, 2.75) is 31.4 Å². The predicted octanol–water partition coefficient (Wildman–Crippen LogP) is 2.76. The molecular weight excluding hydrogens is 468 g/mol. The van der Waals surface area contributed by atoms with Crippen LogP contribution in [0.5, 0.6) is 11.5 Å². The highest BCUT2D eigenvalue weighted by Crippen LogP contribution is 2.50. The SMILES string of the molecule is COc1ccc(OC)c(C2SCC(=O)N(CC(=O)N3CCOCC3)c3c2c(C(C)(C)C)nn3C)c1. The Labute approximate surface area is 210 Å². The van der Waals surface area contributed by atoms with Gasteiger partial charge in [0, 0.05) is 36.7 Å². The lowest BCUT2D eigenvalue weighted by Crippen LogP contribution is -2.48. The number of thioether (sulfide) groups is 1. The minimum atomic E-state index is -0.288. The molecule has 4 rings (SSSR count). The van der Waals surface area contributed by atoms with Gasteiger partial charge in [-0.1, -0.05) is 20.8 Å². The highest BCUT2D eigenvalue weighted by Gasteiger charge is 2.40. The van der Waals surface area contributed by atoms with Gasteiger partial charge in [0.1, 0.15) is 23.9 Å². The molecule has 0 radical (unpaired) electrons. The summed E-state index contributed by atoms with van der Waals surface area (Å²) in [6.45, 7) is 8.38. The molecule has 2 amide bonds. The highest BCUT2D eigenvalue weighted by molar-refractivity contribution is 8.00. The molecule has 2 aliphatic heterocycles. The Hall–Kier alpha value is -2.72. The van der Waals surface area contributed by atoms with E-state index in [1.807, 2.05) is 25.2 Å². The number of nitrogens with zero attached hydrogens (tertiary/aromatic N) is 4. The lowest BCUT2D eigenvalue weighted by Gasteiger charge is -2.30. The Kier molecular flexibility index (Phi) is 7.32. The fourth-order valence-corrected chi connectivity index (χ4v) is 5.79. The number of carbonyl (C=O) groups is 2. The standard InChI is InChI=1S/C25H34N4O5S/c1-25(2,3)23-21-22(17-13-16(32-5)7-8-18(17)33-6)35-15-20(31)29(24(21)27(4)26-23)14-19(30)28-9-11-34-12-10-28/h7-8,13,22H,9-12,14-15H2,1-6H3. The van der Waals surface area contributed by atoms with Crippen molar-refractivity contribution in [2.75, 3.05) is 57.7 Å². The lowest BCUT2D eigenvalue weighted by atomic mass is 9.87. The molecule has 1 fully saturated rings. The number of anilines is 1. The van der Waals surface area contributed by atoms with Crippen molar-refractivity contribution in [3.8, 4) is 11.5 Å². The van der Waals surface area contributed by atoms with Crippen molar-refractivity contribution in [3.05, 3.63) is 35.0 Å². The molecule has 2 aromatic rings. The van der Waals surface area contributed by atoms with E-state index in [1.54, 1.807) is 28.7 Å². The molecule has 35 heavy (non-hydrogen) atoms. The first kappa shape index (κ1) is 25.4. The van der Waals surface area contributed by atoms with Crippen LogP contribution < -0.4 is 14.4 Å². The monoisotopic (exact) mass is 502 g/mol. The minimum Gasteiger partial charge on any atom is -0.497 e. The molecule has 9 nitrogen and oxygen atoms in total. The number of hydrogen-bond donors (Lipinski definition) is 0. The average Bonchev–Trinajstić information content (AvgIpc) is 3.12. The summed E-state index contributed by atoms with van der Waals surface area (Å²) in [6, 6.07) is 5.70. The van der Waals surface area contributed by atoms with Gasteiger partial charge in [0.05, 0.1) is 44.1 Å². The van der Waals surface area contributed by atoms with E-state index >= 15 is 0 Å². The van der Waals surface area contributed by atoms with Crippen LogP contribution in [0.4, 0.5) is 5.82 Å². The molecule has 1 atom stereocenters. The predicted molar refractivity (Wildman–Crippen MR) is 136 cm³/mol. The number of rotatable bonds is 5. The van der Waals surface area contributed by atoms with Crippen LogP contribution in [-0.4, -0.2) is 79.3 Å². The van der Waals surface area contributed by atoms with Crippen LogP contribution in [0.15, 0.2) is 18.2 Å². The van der Waals surface area contributed by atoms with Crippen molar-refractivity contribution in [3.63, 3.8) is 0 Å². The van der Waals surface area contributed by atoms with Gasteiger partial charge in [-0.2, -0.15) is 5.10 Å². The number of aryl methyl sites for hydroxylation is 1. The Bertz CT molecular complexity index is 1100. The fourth-order valence-electron chi connectivity index (χ4n) is 4.58. The van der Waals surface area contributed by atoms with E-state index in [1.165, 1.54) is 11.8 Å². The van der Waals surface area contributed by atoms with Crippen LogP contribution in [0, 0.1) is 0 Å². The van der Waals surface area contributed by atoms with Crippen molar-refractivity contribution in [1.82, 2.24) is 14.7 Å². The van der Waals surface area contributed by atoms with Gasteiger partial charge in [-0.25, -0.2) is 0 Å². The quantitative estimate of drug-likeness (QED) is 0.621. The van der Waals surface area contributed by atoms with Gasteiger partial charge < -0.3 is 19.1 Å². The van der Waals surface area contributed by atoms with Gasteiger partial charge >= 0.3 is 0 Å². The molecule has 10 heteroatoms. The Balaban J connectivity index is 1.86. The van der Waals surface area contributed by atoms with E-state index in [9.17, 15) is 9.59 Å². The van der Waals surface area contributed by atoms with Crippen LogP contribution in [0.1, 0.15) is 42.8 Å². The van der Waals surface area contributed by atoms with Gasteiger partial charge in [0.25, 0.3) is 0 Å². The molecule has 0 spiro atoms. The van der Waals surface area contributed by atoms with Crippen molar-refractivity contribution >= 4 is 29.4 Å². The number of methoxy groups -OCH3 is 2. The fraction of sp³-hybridized carbons (Fsp3) is 0.560. The number of carbonyl (C=O) groups excluding carboxylic acids is 2. The molecule has 1 unspecified atom stereocenters. The van der Waals surface area contributed by atoms with E-state index in [4.69, 9.17) is 19.3 Å². The Morgan fingerprint density at radius 3 is 2.54 bits per heavy atom. The van der Waals surface area contributed by atoms with E-state index in [-0.39, 0.29) is 34.8 Å². The van der Waals surface area contributed by atoms with Crippen molar-refractivity contribution in [2.24, 2.45) is 7.05 Å². The molecule has 0 saturated carbocycles. The second kappa shape index (κ2) is 10.1. The smallest absolute Gasteiger partial charge is 0.242 e. The number of hydrogen-bond acceptors (Lipinski definition) is 7. The maximum absolute atomic E-state index is 13.5. The molecule has 2 aliphatic rings. The van der Waals surface area contributed by atoms with Crippen LogP contribution >= 0.6 is 11.8 Å². The summed E-state index contributed by atoms with van der Waals surface area (Å²) in [7, 11) is 5.10. The zero-order valence-electron chi connectivity index (χ0n) is 21.3. The molecule has 1 saturated heterocycles. The Morgan fingerprint density at radius 1 is 1.20 bits per heavy atom. The number of benzene rings is 1. The maximum Gasteiger partial charge on any atom is 0.242 e. The third-order valence-electron chi connectivity index (χ3n) is 6.33. The molecule has 190 valence electrons. The third kappa shape index (κ3) is 4.99. The molecule has 0 N–H and O–H groups in total. The van der Waals surface area contributed by atoms with Crippen LogP contribution in [0.25, 0.3) is 0 Å². The first-order valence-electron chi connectivity index (χ1n) is 11.7. The van der Waals surface area contributed by atoms with Gasteiger partial charge in [-0.15, -0.1) is 11.8 Å². The molecule has 0 aliphatic carbocycles. The molecule has 3 heterocycles. The molecule has 1 aromatic heterocycles. The van der Waals surface area contributed by atoms with Crippen LogP contribution in [-0.2, 0) is 26.8 Å². The van der Waals surface area contributed by atoms with Crippen molar-refractivity contribution < 1.29 is 23.8 Å². The summed E-state index contributed by atoms with van der Waals surface area (Å²) in [5.41, 5.74) is 2.43. The summed E-state index contributed by atoms with van der Waals surface area (Å²) in [6.07, 6.45) is 0. The Morgan fingerprint density at radius 2 is 1.91 bits per heavy atom. The van der Waals surface area contributed by atoms with E-state index < -0.39 is 0 Å². The summed E-state index contributed by atoms with van der Waals surface area (Å²) in [5.74, 6) is 2.09. The normalized spacial score (nSPS) is 18.8.